The van der Waals surface area contributed by atoms with E-state index < -0.39 is 0 Å². The molecule has 1 saturated carbocycles. The van der Waals surface area contributed by atoms with Crippen molar-refractivity contribution in [2.75, 3.05) is 32.8 Å². The number of nitrogens with zero attached hydrogens (tertiary/aromatic N) is 3. The van der Waals surface area contributed by atoms with Crippen LogP contribution in [-0.2, 0) is 11.3 Å². The maximum absolute atomic E-state index is 6.02. The highest BCUT2D eigenvalue weighted by atomic mass is 16.5. The van der Waals surface area contributed by atoms with Gasteiger partial charge in [0.05, 0.1) is 18.0 Å². The molecule has 1 aliphatic carbocycles. The quantitative estimate of drug-likeness (QED) is 0.669. The molecule has 1 atom stereocenters. The minimum absolute atomic E-state index is 0.394. The highest BCUT2D eigenvalue weighted by molar-refractivity contribution is 5.62. The van der Waals surface area contributed by atoms with Crippen LogP contribution in [0.4, 0.5) is 0 Å². The average molecular weight is 423 g/mol. The fourth-order valence-corrected chi connectivity index (χ4v) is 5.94. The first kappa shape index (κ1) is 21.2. The standard InChI is InChI=1S/C26H38N4O/c1-2-7-22(8-3-1)26-23(17-27-28-26)19-29(20-25-11-6-16-31-25)18-21-12-14-30(15-13-21)24-9-4-5-10-24/h1-3,7-8,17,21,24-25H,4-6,9-16,18-20H2,(H,27,28)/t25-/m0/s1. The maximum atomic E-state index is 6.02. The first-order chi connectivity index (χ1) is 15.3. The van der Waals surface area contributed by atoms with Crippen LogP contribution in [0.5, 0.6) is 0 Å². The summed E-state index contributed by atoms with van der Waals surface area (Å²) in [6.45, 7) is 6.69. The predicted octanol–water partition coefficient (Wildman–Crippen LogP) is 4.71. The largest absolute Gasteiger partial charge is 0.377 e. The molecule has 5 heteroatoms. The second-order valence-corrected chi connectivity index (χ2v) is 9.88. The lowest BCUT2D eigenvalue weighted by Crippen LogP contribution is -2.43. The zero-order chi connectivity index (χ0) is 20.9. The number of aromatic amines is 1. The molecule has 2 aromatic rings. The molecule has 1 N–H and O–H groups in total. The fraction of sp³-hybridized carbons (Fsp3) is 0.654. The molecular weight excluding hydrogens is 384 g/mol. The van der Waals surface area contributed by atoms with E-state index in [4.69, 9.17) is 4.74 Å². The van der Waals surface area contributed by atoms with Gasteiger partial charge in [-0.05, 0) is 63.1 Å². The Morgan fingerprint density at radius 2 is 1.77 bits per heavy atom. The Hall–Kier alpha value is -1.69. The Bertz CT molecular complexity index is 787. The van der Waals surface area contributed by atoms with Gasteiger partial charge in [0.1, 0.15) is 0 Å². The smallest absolute Gasteiger partial charge is 0.0702 e. The van der Waals surface area contributed by atoms with Crippen LogP contribution in [0.3, 0.4) is 0 Å². The van der Waals surface area contributed by atoms with E-state index in [1.165, 1.54) is 82.1 Å². The molecule has 1 aromatic carbocycles. The third-order valence-corrected chi connectivity index (χ3v) is 7.67. The van der Waals surface area contributed by atoms with E-state index >= 15 is 0 Å². The molecule has 2 aliphatic heterocycles. The summed E-state index contributed by atoms with van der Waals surface area (Å²) in [5, 5.41) is 7.64. The van der Waals surface area contributed by atoms with Crippen LogP contribution in [0.2, 0.25) is 0 Å². The fourth-order valence-electron chi connectivity index (χ4n) is 5.94. The third-order valence-electron chi connectivity index (χ3n) is 7.67. The van der Waals surface area contributed by atoms with Crippen molar-refractivity contribution >= 4 is 0 Å². The number of hydrogen-bond donors (Lipinski definition) is 1. The molecule has 0 radical (unpaired) electrons. The Morgan fingerprint density at radius 1 is 0.968 bits per heavy atom. The molecule has 5 nitrogen and oxygen atoms in total. The van der Waals surface area contributed by atoms with Crippen molar-refractivity contribution < 1.29 is 4.74 Å². The van der Waals surface area contributed by atoms with Crippen molar-refractivity contribution in [2.24, 2.45) is 5.92 Å². The Kier molecular flexibility index (Phi) is 7.02. The second-order valence-electron chi connectivity index (χ2n) is 9.88. The van der Waals surface area contributed by atoms with E-state index in [0.29, 0.717) is 6.10 Å². The molecule has 5 rings (SSSR count). The maximum Gasteiger partial charge on any atom is 0.0702 e. The highest BCUT2D eigenvalue weighted by Crippen LogP contribution is 2.29. The number of nitrogens with one attached hydrogen (secondary N) is 1. The lowest BCUT2D eigenvalue weighted by molar-refractivity contribution is 0.0540. The van der Waals surface area contributed by atoms with E-state index in [-0.39, 0.29) is 0 Å². The molecule has 0 amide bonds. The summed E-state index contributed by atoms with van der Waals surface area (Å²) < 4.78 is 6.02. The topological polar surface area (TPSA) is 44.4 Å². The summed E-state index contributed by atoms with van der Waals surface area (Å²) in [7, 11) is 0. The highest BCUT2D eigenvalue weighted by Gasteiger charge is 2.29. The summed E-state index contributed by atoms with van der Waals surface area (Å²) in [6, 6.07) is 11.5. The molecule has 1 aromatic heterocycles. The molecule has 0 bridgehead atoms. The van der Waals surface area contributed by atoms with Gasteiger partial charge in [-0.2, -0.15) is 5.10 Å². The number of rotatable bonds is 8. The average Bonchev–Trinajstić information content (AvgIpc) is 3.58. The van der Waals surface area contributed by atoms with Gasteiger partial charge in [-0.1, -0.05) is 43.2 Å². The summed E-state index contributed by atoms with van der Waals surface area (Å²) in [4.78, 5) is 5.45. The molecular formula is C26H38N4O. The van der Waals surface area contributed by atoms with E-state index in [0.717, 1.165) is 37.4 Å². The molecule has 2 saturated heterocycles. The van der Waals surface area contributed by atoms with Crippen molar-refractivity contribution in [1.82, 2.24) is 20.0 Å². The van der Waals surface area contributed by atoms with Crippen LogP contribution in [0.1, 0.15) is 56.9 Å². The Balaban J connectivity index is 1.23. The van der Waals surface area contributed by atoms with E-state index in [9.17, 15) is 0 Å². The van der Waals surface area contributed by atoms with Crippen LogP contribution in [-0.4, -0.2) is 64.9 Å². The van der Waals surface area contributed by atoms with Crippen molar-refractivity contribution in [3.05, 3.63) is 42.1 Å². The Morgan fingerprint density at radius 3 is 2.52 bits per heavy atom. The van der Waals surface area contributed by atoms with Crippen molar-refractivity contribution in [3.8, 4) is 11.3 Å². The molecule has 168 valence electrons. The van der Waals surface area contributed by atoms with Gasteiger partial charge in [-0.25, -0.2) is 0 Å². The van der Waals surface area contributed by atoms with Crippen LogP contribution >= 0.6 is 0 Å². The molecule has 0 unspecified atom stereocenters. The number of hydrogen-bond acceptors (Lipinski definition) is 4. The number of aromatic nitrogens is 2. The molecule has 3 fully saturated rings. The molecule has 3 heterocycles. The zero-order valence-electron chi connectivity index (χ0n) is 18.8. The van der Waals surface area contributed by atoms with Crippen molar-refractivity contribution in [3.63, 3.8) is 0 Å². The van der Waals surface area contributed by atoms with Gasteiger partial charge in [0.25, 0.3) is 0 Å². The van der Waals surface area contributed by atoms with Gasteiger partial charge in [0, 0.05) is 37.8 Å². The molecule has 31 heavy (non-hydrogen) atoms. The summed E-state index contributed by atoms with van der Waals surface area (Å²) in [5.41, 5.74) is 3.68. The summed E-state index contributed by atoms with van der Waals surface area (Å²) in [6.07, 6.45) is 13.2. The lowest BCUT2D eigenvalue weighted by Gasteiger charge is -2.38. The van der Waals surface area contributed by atoms with E-state index in [1.54, 1.807) is 0 Å². The van der Waals surface area contributed by atoms with Crippen LogP contribution < -0.4 is 0 Å². The number of likely N-dealkylation sites (tertiary alicyclic amines) is 1. The van der Waals surface area contributed by atoms with E-state index in [2.05, 4.69) is 50.3 Å². The summed E-state index contributed by atoms with van der Waals surface area (Å²) in [5.74, 6) is 0.797. The first-order valence-electron chi connectivity index (χ1n) is 12.5. The van der Waals surface area contributed by atoms with Gasteiger partial charge in [0.15, 0.2) is 0 Å². The van der Waals surface area contributed by atoms with Crippen LogP contribution in [0.15, 0.2) is 36.5 Å². The monoisotopic (exact) mass is 422 g/mol. The number of ether oxygens (including phenoxy) is 1. The van der Waals surface area contributed by atoms with Crippen molar-refractivity contribution in [2.45, 2.75) is 70.1 Å². The summed E-state index contributed by atoms with van der Waals surface area (Å²) >= 11 is 0. The van der Waals surface area contributed by atoms with Gasteiger partial charge >= 0.3 is 0 Å². The predicted molar refractivity (Wildman–Crippen MR) is 125 cm³/mol. The van der Waals surface area contributed by atoms with Gasteiger partial charge in [-0.3, -0.25) is 10.00 Å². The minimum Gasteiger partial charge on any atom is -0.377 e. The third kappa shape index (κ3) is 5.39. The zero-order valence-corrected chi connectivity index (χ0v) is 18.8. The number of piperidine rings is 1. The molecule has 0 spiro atoms. The van der Waals surface area contributed by atoms with Crippen LogP contribution in [0, 0.1) is 5.92 Å². The Labute approximate surface area is 187 Å². The minimum atomic E-state index is 0.394. The van der Waals surface area contributed by atoms with E-state index in [1.807, 2.05) is 6.20 Å². The number of H-pyrrole nitrogens is 1. The van der Waals surface area contributed by atoms with Gasteiger partial charge in [0.2, 0.25) is 0 Å². The van der Waals surface area contributed by atoms with Gasteiger partial charge in [-0.15, -0.1) is 0 Å². The first-order valence-corrected chi connectivity index (χ1v) is 12.5. The second kappa shape index (κ2) is 10.3. The number of benzene rings is 1. The normalized spacial score (nSPS) is 23.8. The van der Waals surface area contributed by atoms with Crippen LogP contribution in [0.25, 0.3) is 11.3 Å². The molecule has 3 aliphatic rings. The lowest BCUT2D eigenvalue weighted by atomic mass is 9.94. The van der Waals surface area contributed by atoms with Gasteiger partial charge < -0.3 is 9.64 Å². The van der Waals surface area contributed by atoms with Crippen molar-refractivity contribution in [1.29, 1.82) is 0 Å². The SMILES string of the molecule is c1ccc(-c2[nH]ncc2CN(CC2CCN(C3CCCC3)CC2)C[C@@H]2CCCO2)cc1.